The molecule has 1 atom stereocenters. The minimum Gasteiger partial charge on any atom is -0.392 e. The fourth-order valence-corrected chi connectivity index (χ4v) is 3.19. The van der Waals surface area contributed by atoms with Crippen molar-refractivity contribution in [3.63, 3.8) is 0 Å². The molecule has 4 rings (SSSR count). The summed E-state index contributed by atoms with van der Waals surface area (Å²) in [6.07, 6.45) is 2.32. The second-order valence-electron chi connectivity index (χ2n) is 5.55. The van der Waals surface area contributed by atoms with Gasteiger partial charge in [0, 0.05) is 23.8 Å². The van der Waals surface area contributed by atoms with Gasteiger partial charge in [0.05, 0.1) is 12.6 Å². The standard InChI is InChI=1S/C14H14BrN5O2/c15-8-1-2-11-18-12-13(20(11)5-8)16-10(17-14(12)22)7-19-4-3-9(21)6-19/h1-2,5,9,21H,3-4,6-7H2,(H,16,17,22)/t9-/m0/s1. The van der Waals surface area contributed by atoms with Crippen LogP contribution in [0.1, 0.15) is 12.2 Å². The van der Waals surface area contributed by atoms with Gasteiger partial charge in [0.1, 0.15) is 11.5 Å². The molecule has 1 aliphatic rings. The summed E-state index contributed by atoms with van der Waals surface area (Å²) in [6, 6.07) is 3.71. The van der Waals surface area contributed by atoms with Gasteiger partial charge in [-0.1, -0.05) is 0 Å². The summed E-state index contributed by atoms with van der Waals surface area (Å²) in [5.74, 6) is 0.591. The zero-order valence-electron chi connectivity index (χ0n) is 11.7. The molecule has 0 spiro atoms. The minimum atomic E-state index is -0.290. The van der Waals surface area contributed by atoms with Gasteiger partial charge in [-0.05, 0) is 34.5 Å². The third kappa shape index (κ3) is 2.33. The average Bonchev–Trinajstić information content (AvgIpc) is 3.03. The first-order valence-corrected chi connectivity index (χ1v) is 7.86. The summed E-state index contributed by atoms with van der Waals surface area (Å²) in [6.45, 7) is 1.94. The molecule has 3 aromatic heterocycles. The summed E-state index contributed by atoms with van der Waals surface area (Å²) in [7, 11) is 0. The largest absolute Gasteiger partial charge is 0.392 e. The first-order valence-electron chi connectivity index (χ1n) is 7.07. The predicted molar refractivity (Wildman–Crippen MR) is 84.7 cm³/mol. The van der Waals surface area contributed by atoms with E-state index in [-0.39, 0.29) is 11.7 Å². The molecule has 0 radical (unpaired) electrons. The van der Waals surface area contributed by atoms with Gasteiger partial charge in [0.15, 0.2) is 11.2 Å². The van der Waals surface area contributed by atoms with E-state index in [1.807, 2.05) is 18.3 Å². The van der Waals surface area contributed by atoms with E-state index in [0.29, 0.717) is 35.7 Å². The van der Waals surface area contributed by atoms with Crippen LogP contribution < -0.4 is 5.56 Å². The van der Waals surface area contributed by atoms with Gasteiger partial charge < -0.3 is 10.1 Å². The first-order chi connectivity index (χ1) is 10.6. The Morgan fingerprint density at radius 1 is 1.41 bits per heavy atom. The summed E-state index contributed by atoms with van der Waals surface area (Å²) in [5, 5.41) is 9.59. The van der Waals surface area contributed by atoms with E-state index < -0.39 is 0 Å². The number of fused-ring (bicyclic) bond motifs is 3. The van der Waals surface area contributed by atoms with E-state index in [1.54, 1.807) is 4.40 Å². The predicted octanol–water partition coefficient (Wildman–Crippen LogP) is 0.900. The van der Waals surface area contributed by atoms with Crippen LogP contribution in [-0.4, -0.2) is 48.6 Å². The van der Waals surface area contributed by atoms with Gasteiger partial charge in [-0.2, -0.15) is 0 Å². The molecule has 3 aromatic rings. The van der Waals surface area contributed by atoms with E-state index >= 15 is 0 Å². The van der Waals surface area contributed by atoms with Crippen LogP contribution in [-0.2, 0) is 6.54 Å². The van der Waals surface area contributed by atoms with E-state index in [2.05, 4.69) is 35.8 Å². The Balaban J connectivity index is 1.82. The van der Waals surface area contributed by atoms with E-state index in [1.165, 1.54) is 0 Å². The Morgan fingerprint density at radius 2 is 2.27 bits per heavy atom. The SMILES string of the molecule is O=c1[nH]c(CN2CC[C@H](O)C2)nc2c1nc1ccc(Br)cn12. The molecule has 0 amide bonds. The third-order valence-electron chi connectivity index (χ3n) is 3.89. The molecule has 114 valence electrons. The number of hydrogen-bond acceptors (Lipinski definition) is 5. The molecular formula is C14H14BrN5O2. The number of hydrogen-bond donors (Lipinski definition) is 2. The molecule has 2 N–H and O–H groups in total. The lowest BCUT2D eigenvalue weighted by Gasteiger charge is -2.13. The van der Waals surface area contributed by atoms with Crippen LogP contribution in [0.25, 0.3) is 16.8 Å². The zero-order valence-corrected chi connectivity index (χ0v) is 13.2. The fourth-order valence-electron chi connectivity index (χ4n) is 2.85. The van der Waals surface area contributed by atoms with Crippen molar-refractivity contribution in [1.82, 2.24) is 24.3 Å². The lowest BCUT2D eigenvalue weighted by molar-refractivity contribution is 0.174. The van der Waals surface area contributed by atoms with E-state index in [0.717, 1.165) is 17.4 Å². The Labute approximate surface area is 133 Å². The highest BCUT2D eigenvalue weighted by Crippen LogP contribution is 2.17. The number of nitrogens with zero attached hydrogens (tertiary/aromatic N) is 4. The van der Waals surface area contributed by atoms with E-state index in [9.17, 15) is 9.90 Å². The van der Waals surface area contributed by atoms with Crippen molar-refractivity contribution in [2.24, 2.45) is 0 Å². The Bertz CT molecular complexity index is 919. The number of aromatic amines is 1. The Hall–Kier alpha value is -1.77. The Kier molecular flexibility index (Phi) is 3.24. The summed E-state index contributed by atoms with van der Waals surface area (Å²) >= 11 is 3.42. The lowest BCUT2D eigenvalue weighted by atomic mass is 10.3. The van der Waals surface area contributed by atoms with Gasteiger partial charge in [0.25, 0.3) is 5.56 Å². The van der Waals surface area contributed by atoms with Crippen LogP contribution in [0.4, 0.5) is 0 Å². The molecule has 0 unspecified atom stereocenters. The number of rotatable bonds is 2. The highest BCUT2D eigenvalue weighted by Gasteiger charge is 2.21. The average molecular weight is 364 g/mol. The number of halogens is 1. The topological polar surface area (TPSA) is 86.5 Å². The van der Waals surface area contributed by atoms with Crippen molar-refractivity contribution in [3.8, 4) is 0 Å². The number of H-pyrrole nitrogens is 1. The quantitative estimate of drug-likeness (QED) is 0.706. The van der Waals surface area contributed by atoms with Crippen LogP contribution in [0.5, 0.6) is 0 Å². The van der Waals surface area contributed by atoms with Crippen molar-refractivity contribution in [3.05, 3.63) is 39.0 Å². The smallest absolute Gasteiger partial charge is 0.279 e. The number of imidazole rings is 1. The summed E-state index contributed by atoms with van der Waals surface area (Å²) in [5.41, 5.74) is 1.34. The number of pyridine rings is 1. The van der Waals surface area contributed by atoms with Crippen LogP contribution in [0.2, 0.25) is 0 Å². The van der Waals surface area contributed by atoms with Gasteiger partial charge in [0.2, 0.25) is 0 Å². The molecule has 4 heterocycles. The maximum atomic E-state index is 12.2. The number of nitrogens with one attached hydrogen (secondary N) is 1. The number of β-amino-alcohol motifs (C(OH)–C–C–N with tert-alkyl or cyclic N) is 1. The van der Waals surface area contributed by atoms with Crippen LogP contribution >= 0.6 is 15.9 Å². The number of aliphatic hydroxyl groups is 1. The molecule has 1 fully saturated rings. The molecule has 22 heavy (non-hydrogen) atoms. The molecule has 0 aliphatic carbocycles. The van der Waals surface area contributed by atoms with E-state index in [4.69, 9.17) is 0 Å². The van der Waals surface area contributed by atoms with Gasteiger partial charge >= 0.3 is 0 Å². The second kappa shape index (κ2) is 5.15. The number of likely N-dealkylation sites (tertiary alicyclic amines) is 1. The van der Waals surface area contributed by atoms with Crippen molar-refractivity contribution >= 4 is 32.7 Å². The van der Waals surface area contributed by atoms with Crippen molar-refractivity contribution < 1.29 is 5.11 Å². The molecule has 0 saturated carbocycles. The van der Waals surface area contributed by atoms with Gasteiger partial charge in [-0.25, -0.2) is 9.97 Å². The fraction of sp³-hybridized carbons (Fsp3) is 0.357. The van der Waals surface area contributed by atoms with Crippen LogP contribution in [0.3, 0.4) is 0 Å². The second-order valence-corrected chi connectivity index (χ2v) is 6.47. The van der Waals surface area contributed by atoms with Crippen LogP contribution in [0.15, 0.2) is 27.6 Å². The van der Waals surface area contributed by atoms with Crippen molar-refractivity contribution in [2.45, 2.75) is 19.1 Å². The zero-order chi connectivity index (χ0) is 15.3. The van der Waals surface area contributed by atoms with Crippen LogP contribution in [0, 0.1) is 0 Å². The number of aliphatic hydroxyl groups excluding tert-OH is 1. The maximum Gasteiger partial charge on any atom is 0.279 e. The molecule has 1 aliphatic heterocycles. The highest BCUT2D eigenvalue weighted by molar-refractivity contribution is 9.10. The first kappa shape index (κ1) is 13.9. The molecule has 0 aromatic carbocycles. The van der Waals surface area contributed by atoms with Gasteiger partial charge in [-0.3, -0.25) is 14.1 Å². The molecule has 8 heteroatoms. The normalized spacial score (nSPS) is 19.5. The lowest BCUT2D eigenvalue weighted by Crippen LogP contribution is -2.24. The van der Waals surface area contributed by atoms with Gasteiger partial charge in [-0.15, -0.1) is 0 Å². The summed E-state index contributed by atoms with van der Waals surface area (Å²) < 4.78 is 2.70. The third-order valence-corrected chi connectivity index (χ3v) is 4.36. The number of aromatic nitrogens is 4. The molecule has 0 bridgehead atoms. The highest BCUT2D eigenvalue weighted by atomic mass is 79.9. The summed E-state index contributed by atoms with van der Waals surface area (Å²) in [4.78, 5) is 26.0. The molecule has 7 nitrogen and oxygen atoms in total. The monoisotopic (exact) mass is 363 g/mol. The Morgan fingerprint density at radius 3 is 3.05 bits per heavy atom. The minimum absolute atomic E-state index is 0.237. The van der Waals surface area contributed by atoms with Crippen molar-refractivity contribution in [2.75, 3.05) is 13.1 Å². The molecular weight excluding hydrogens is 350 g/mol. The van der Waals surface area contributed by atoms with Crippen molar-refractivity contribution in [1.29, 1.82) is 0 Å². The maximum absolute atomic E-state index is 12.2. The molecule has 1 saturated heterocycles.